The molecule has 3 N–H and O–H groups in total. The summed E-state index contributed by atoms with van der Waals surface area (Å²) in [7, 11) is 1.61. The van der Waals surface area contributed by atoms with E-state index in [-0.39, 0.29) is 23.7 Å². The van der Waals surface area contributed by atoms with Gasteiger partial charge in [0.1, 0.15) is 5.75 Å². The van der Waals surface area contributed by atoms with E-state index in [0.717, 1.165) is 47.0 Å². The number of hydrogen-bond donors (Lipinski definition) is 3. The van der Waals surface area contributed by atoms with Gasteiger partial charge in [0.15, 0.2) is 5.78 Å². The molecule has 2 aliphatic heterocycles. The van der Waals surface area contributed by atoms with Gasteiger partial charge in [-0.2, -0.15) is 0 Å². The average Bonchev–Trinajstić information content (AvgIpc) is 3.35. The molecule has 0 unspecified atom stereocenters. The summed E-state index contributed by atoms with van der Waals surface area (Å²) in [5, 5.41) is 25.4. The van der Waals surface area contributed by atoms with Crippen molar-refractivity contribution in [2.75, 3.05) is 33.3 Å². The van der Waals surface area contributed by atoms with E-state index in [0.29, 0.717) is 19.5 Å². The standard InChI is InChI=1S/C24H30N2O4S.C2H2O4/c1-16-3-8-22(31-16)24(29)26-14-11-21(27)20(15-26)25-12-9-18(10-13-25)23(28)17-4-6-19(30-2)7-5-17;3-1(4)2(5)6/h3-8,18,20-21,27H,9-15H2,1-2H3;(H,3,4)(H,5,6)/t20-,21-;/m1./s1. The van der Waals surface area contributed by atoms with Gasteiger partial charge in [0.25, 0.3) is 5.91 Å². The fraction of sp³-hybridized carbons (Fsp3) is 0.462. The van der Waals surface area contributed by atoms with Crippen LogP contribution in [-0.4, -0.2) is 94.2 Å². The molecule has 4 rings (SSSR count). The quantitative estimate of drug-likeness (QED) is 0.390. The second-order valence-electron chi connectivity index (χ2n) is 9.10. The van der Waals surface area contributed by atoms with Gasteiger partial charge in [-0.25, -0.2) is 9.59 Å². The lowest BCUT2D eigenvalue weighted by Gasteiger charge is -2.44. The second kappa shape index (κ2) is 12.8. The van der Waals surface area contributed by atoms with Crippen LogP contribution in [0, 0.1) is 12.8 Å². The lowest BCUT2D eigenvalue weighted by atomic mass is 9.87. The molecule has 0 radical (unpaired) electrons. The molecule has 1 aromatic heterocycles. The van der Waals surface area contributed by atoms with Crippen molar-refractivity contribution >= 4 is 35.0 Å². The maximum absolute atomic E-state index is 12.9. The number of thiophene rings is 1. The van der Waals surface area contributed by atoms with Gasteiger partial charge in [-0.3, -0.25) is 14.5 Å². The van der Waals surface area contributed by atoms with Gasteiger partial charge in [0.05, 0.1) is 24.1 Å². The van der Waals surface area contributed by atoms with Crippen molar-refractivity contribution in [1.29, 1.82) is 0 Å². The molecule has 0 spiro atoms. The normalized spacial score (nSPS) is 20.5. The summed E-state index contributed by atoms with van der Waals surface area (Å²) in [6, 6.07) is 11.1. The Balaban J connectivity index is 0.000000568. The number of methoxy groups -OCH3 is 1. The number of piperidine rings is 2. The minimum absolute atomic E-state index is 0.00259. The molecule has 1 aromatic carbocycles. The van der Waals surface area contributed by atoms with Crippen molar-refractivity contribution < 1.29 is 39.2 Å². The van der Waals surface area contributed by atoms with Crippen molar-refractivity contribution in [3.05, 3.63) is 51.7 Å². The SMILES string of the molecule is COc1ccc(C(=O)C2CCN([C@@H]3CN(C(=O)c4ccc(C)s4)CC[C@H]3O)CC2)cc1.O=C(O)C(=O)O. The van der Waals surface area contributed by atoms with Gasteiger partial charge in [-0.1, -0.05) is 0 Å². The molecule has 3 heterocycles. The number of ether oxygens (including phenoxy) is 1. The smallest absolute Gasteiger partial charge is 0.414 e. The van der Waals surface area contributed by atoms with Crippen LogP contribution in [0.3, 0.4) is 0 Å². The van der Waals surface area contributed by atoms with Gasteiger partial charge in [0, 0.05) is 29.4 Å². The molecule has 2 aliphatic rings. The van der Waals surface area contributed by atoms with E-state index in [2.05, 4.69) is 4.90 Å². The number of aliphatic hydroxyl groups excluding tert-OH is 1. The maximum Gasteiger partial charge on any atom is 0.414 e. The third-order valence-corrected chi connectivity index (χ3v) is 7.70. The summed E-state index contributed by atoms with van der Waals surface area (Å²) in [6.07, 6.45) is 1.69. The first-order valence-corrected chi connectivity index (χ1v) is 12.8. The number of hydrogen-bond acceptors (Lipinski definition) is 8. The monoisotopic (exact) mass is 532 g/mol. The molecule has 37 heavy (non-hydrogen) atoms. The number of Topliss-reactive ketones (excluding diaryl/α,β-unsaturated/α-hetero) is 1. The zero-order valence-electron chi connectivity index (χ0n) is 20.8. The molecule has 2 fully saturated rings. The minimum atomic E-state index is -1.82. The molecular weight excluding hydrogens is 500 g/mol. The van der Waals surface area contributed by atoms with Crippen LogP contribution in [0.1, 0.15) is 44.2 Å². The highest BCUT2D eigenvalue weighted by molar-refractivity contribution is 7.13. The first-order valence-electron chi connectivity index (χ1n) is 12.0. The number of rotatable bonds is 5. The zero-order chi connectivity index (χ0) is 27.1. The van der Waals surface area contributed by atoms with E-state index in [1.54, 1.807) is 7.11 Å². The predicted molar refractivity (Wildman–Crippen MR) is 136 cm³/mol. The molecular formula is C26H32N2O8S. The number of carboxylic acids is 2. The summed E-state index contributed by atoms with van der Waals surface area (Å²) >= 11 is 1.52. The third-order valence-electron chi connectivity index (χ3n) is 6.71. The van der Waals surface area contributed by atoms with E-state index in [9.17, 15) is 14.7 Å². The number of likely N-dealkylation sites (tertiary alicyclic amines) is 2. The highest BCUT2D eigenvalue weighted by Crippen LogP contribution is 2.28. The van der Waals surface area contributed by atoms with Crippen molar-refractivity contribution in [3.63, 3.8) is 0 Å². The molecule has 11 heteroatoms. The number of aliphatic hydroxyl groups is 1. The number of carbonyl (C=O) groups excluding carboxylic acids is 2. The largest absolute Gasteiger partial charge is 0.497 e. The summed E-state index contributed by atoms with van der Waals surface area (Å²) in [5.74, 6) is -2.67. The average molecular weight is 533 g/mol. The Kier molecular flexibility index (Phi) is 9.79. The Bertz CT molecular complexity index is 1100. The number of carbonyl (C=O) groups is 4. The summed E-state index contributed by atoms with van der Waals surface area (Å²) in [6.45, 7) is 4.64. The van der Waals surface area contributed by atoms with Crippen LogP contribution in [0.2, 0.25) is 0 Å². The Morgan fingerprint density at radius 1 is 0.919 bits per heavy atom. The Morgan fingerprint density at radius 3 is 2.05 bits per heavy atom. The first-order chi connectivity index (χ1) is 17.6. The number of ketones is 1. The molecule has 1 amide bonds. The van der Waals surface area contributed by atoms with Crippen LogP contribution < -0.4 is 4.74 Å². The van der Waals surface area contributed by atoms with Crippen molar-refractivity contribution in [3.8, 4) is 5.75 Å². The van der Waals surface area contributed by atoms with Gasteiger partial charge < -0.3 is 25.0 Å². The molecule has 0 saturated carbocycles. The fourth-order valence-corrected chi connectivity index (χ4v) is 5.49. The summed E-state index contributed by atoms with van der Waals surface area (Å²) < 4.78 is 5.17. The number of benzene rings is 1. The Labute approximate surface area is 219 Å². The van der Waals surface area contributed by atoms with Crippen molar-refractivity contribution in [2.24, 2.45) is 5.92 Å². The molecule has 2 saturated heterocycles. The maximum atomic E-state index is 12.9. The van der Waals surface area contributed by atoms with E-state index < -0.39 is 18.0 Å². The topological polar surface area (TPSA) is 145 Å². The van der Waals surface area contributed by atoms with Gasteiger partial charge in [-0.05, 0) is 75.7 Å². The molecule has 0 bridgehead atoms. The van der Waals surface area contributed by atoms with Crippen LogP contribution in [-0.2, 0) is 9.59 Å². The number of aliphatic carboxylic acids is 2. The molecule has 10 nitrogen and oxygen atoms in total. The number of carboxylic acid groups (broad SMARTS) is 2. The first kappa shape index (κ1) is 28.3. The van der Waals surface area contributed by atoms with Crippen LogP contribution in [0.5, 0.6) is 5.75 Å². The summed E-state index contributed by atoms with van der Waals surface area (Å²) in [4.78, 5) is 50.0. The molecule has 2 aromatic rings. The predicted octanol–water partition coefficient (Wildman–Crippen LogP) is 2.39. The number of aryl methyl sites for hydroxylation is 1. The number of nitrogens with zero attached hydrogens (tertiary/aromatic N) is 2. The van der Waals surface area contributed by atoms with E-state index in [4.69, 9.17) is 24.5 Å². The van der Waals surface area contributed by atoms with E-state index in [1.165, 1.54) is 11.3 Å². The van der Waals surface area contributed by atoms with E-state index in [1.807, 2.05) is 48.2 Å². The van der Waals surface area contributed by atoms with Crippen LogP contribution in [0.4, 0.5) is 0 Å². The Morgan fingerprint density at radius 2 is 1.54 bits per heavy atom. The highest BCUT2D eigenvalue weighted by atomic mass is 32.1. The molecule has 2 atom stereocenters. The van der Waals surface area contributed by atoms with Gasteiger partial charge in [0.2, 0.25) is 0 Å². The lowest BCUT2D eigenvalue weighted by Crippen LogP contribution is -2.58. The Hall–Kier alpha value is -3.28. The van der Waals surface area contributed by atoms with Crippen LogP contribution in [0.15, 0.2) is 36.4 Å². The number of amides is 1. The fourth-order valence-electron chi connectivity index (χ4n) is 4.65. The third kappa shape index (κ3) is 7.37. The zero-order valence-corrected chi connectivity index (χ0v) is 21.6. The van der Waals surface area contributed by atoms with Crippen molar-refractivity contribution in [2.45, 2.75) is 38.3 Å². The highest BCUT2D eigenvalue weighted by Gasteiger charge is 2.37. The van der Waals surface area contributed by atoms with Gasteiger partial charge >= 0.3 is 11.9 Å². The van der Waals surface area contributed by atoms with Crippen LogP contribution in [0.25, 0.3) is 0 Å². The molecule has 200 valence electrons. The van der Waals surface area contributed by atoms with E-state index >= 15 is 0 Å². The second-order valence-corrected chi connectivity index (χ2v) is 10.4. The van der Waals surface area contributed by atoms with Crippen LogP contribution >= 0.6 is 11.3 Å². The van der Waals surface area contributed by atoms with Crippen molar-refractivity contribution in [1.82, 2.24) is 9.80 Å². The molecule has 0 aliphatic carbocycles. The minimum Gasteiger partial charge on any atom is -0.497 e. The summed E-state index contributed by atoms with van der Waals surface area (Å²) in [5.41, 5.74) is 0.722. The lowest BCUT2D eigenvalue weighted by molar-refractivity contribution is -0.159. The van der Waals surface area contributed by atoms with Gasteiger partial charge in [-0.15, -0.1) is 11.3 Å².